The van der Waals surface area contributed by atoms with Crippen LogP contribution in [0.25, 0.3) is 12.2 Å². The number of fused-ring (bicyclic) bond motifs is 2. The standard InChI is InChI=1S/C20H16N4O2/c25-20(23-26)15-3-1-14(2-4-15)13-24-18-7-9-21-11-16(18)5-6-17-12-22-10-8-19(17)24/h1-12,26H,13H2,(H,23,25). The fourth-order valence-corrected chi connectivity index (χ4v) is 3.04. The van der Waals surface area contributed by atoms with E-state index in [0.717, 1.165) is 28.1 Å². The number of hydrogen-bond donors (Lipinski definition) is 2. The van der Waals surface area contributed by atoms with Gasteiger partial charge in [-0.05, 0) is 29.8 Å². The Bertz CT molecular complexity index is 934. The fourth-order valence-electron chi connectivity index (χ4n) is 3.04. The van der Waals surface area contributed by atoms with Gasteiger partial charge in [-0.2, -0.15) is 0 Å². The number of nitrogens with zero attached hydrogens (tertiary/aromatic N) is 3. The molecule has 0 spiro atoms. The van der Waals surface area contributed by atoms with Crippen LogP contribution in [0, 0.1) is 0 Å². The first-order valence-corrected chi connectivity index (χ1v) is 8.13. The van der Waals surface area contributed by atoms with E-state index in [1.165, 1.54) is 0 Å². The summed E-state index contributed by atoms with van der Waals surface area (Å²) in [4.78, 5) is 22.1. The number of anilines is 2. The van der Waals surface area contributed by atoms with Crippen LogP contribution < -0.4 is 10.4 Å². The molecule has 0 bridgehead atoms. The Morgan fingerprint density at radius 3 is 2.04 bits per heavy atom. The van der Waals surface area contributed by atoms with E-state index in [1.54, 1.807) is 30.0 Å². The molecule has 26 heavy (non-hydrogen) atoms. The van der Waals surface area contributed by atoms with Crippen molar-refractivity contribution in [3.05, 3.63) is 83.4 Å². The molecule has 6 heteroatoms. The summed E-state index contributed by atoms with van der Waals surface area (Å²) in [6.45, 7) is 0.622. The molecule has 3 heterocycles. The average molecular weight is 344 g/mol. The highest BCUT2D eigenvalue weighted by Crippen LogP contribution is 2.36. The number of benzene rings is 1. The Morgan fingerprint density at radius 1 is 0.923 bits per heavy atom. The second kappa shape index (κ2) is 6.78. The van der Waals surface area contributed by atoms with Crippen molar-refractivity contribution in [3.8, 4) is 0 Å². The Hall–Kier alpha value is -3.51. The SMILES string of the molecule is O=C(NO)c1ccc(CN2c3ccncc3C=Cc3cnccc32)cc1. The number of amides is 1. The quantitative estimate of drug-likeness (QED) is 0.562. The summed E-state index contributed by atoms with van der Waals surface area (Å²) >= 11 is 0. The summed E-state index contributed by atoms with van der Waals surface area (Å²) in [5.74, 6) is -0.525. The van der Waals surface area contributed by atoms with E-state index in [9.17, 15) is 4.79 Å². The molecular formula is C20H16N4O2. The number of hydroxylamine groups is 1. The lowest BCUT2D eigenvalue weighted by molar-refractivity contribution is 0.0706. The molecule has 0 saturated heterocycles. The summed E-state index contributed by atoms with van der Waals surface area (Å²) in [7, 11) is 0. The van der Waals surface area contributed by atoms with Gasteiger partial charge < -0.3 is 4.90 Å². The minimum Gasteiger partial charge on any atom is -0.336 e. The van der Waals surface area contributed by atoms with Gasteiger partial charge in [0.15, 0.2) is 0 Å². The molecule has 1 aromatic carbocycles. The number of aromatic nitrogens is 2. The highest BCUT2D eigenvalue weighted by molar-refractivity contribution is 5.93. The molecule has 0 fully saturated rings. The third kappa shape index (κ3) is 2.94. The van der Waals surface area contributed by atoms with Crippen LogP contribution in [0.3, 0.4) is 0 Å². The van der Waals surface area contributed by atoms with Gasteiger partial charge in [0.1, 0.15) is 0 Å². The van der Waals surface area contributed by atoms with Gasteiger partial charge in [0.25, 0.3) is 5.91 Å². The molecular weight excluding hydrogens is 328 g/mol. The highest BCUT2D eigenvalue weighted by Gasteiger charge is 2.18. The monoisotopic (exact) mass is 344 g/mol. The molecule has 1 aliphatic rings. The largest absolute Gasteiger partial charge is 0.336 e. The maximum atomic E-state index is 11.5. The number of hydrogen-bond acceptors (Lipinski definition) is 5. The maximum absolute atomic E-state index is 11.5. The predicted molar refractivity (Wildman–Crippen MR) is 98.9 cm³/mol. The minimum absolute atomic E-state index is 0.406. The normalized spacial score (nSPS) is 12.1. The fraction of sp³-hybridized carbons (Fsp3) is 0.0500. The van der Waals surface area contributed by atoms with Crippen LogP contribution in [0.5, 0.6) is 0 Å². The first-order chi connectivity index (χ1) is 12.8. The van der Waals surface area contributed by atoms with Crippen molar-refractivity contribution < 1.29 is 10.0 Å². The van der Waals surface area contributed by atoms with Crippen LogP contribution in [0.4, 0.5) is 11.4 Å². The third-order valence-corrected chi connectivity index (χ3v) is 4.34. The Morgan fingerprint density at radius 2 is 1.50 bits per heavy atom. The predicted octanol–water partition coefficient (Wildman–Crippen LogP) is 3.42. The summed E-state index contributed by atoms with van der Waals surface area (Å²) in [5, 5.41) is 8.74. The zero-order chi connectivity index (χ0) is 17.9. The van der Waals surface area contributed by atoms with Crippen molar-refractivity contribution in [2.45, 2.75) is 6.54 Å². The minimum atomic E-state index is -0.525. The van der Waals surface area contributed by atoms with Crippen molar-refractivity contribution >= 4 is 29.4 Å². The van der Waals surface area contributed by atoms with Gasteiger partial charge in [0, 0.05) is 48.0 Å². The lowest BCUT2D eigenvalue weighted by Crippen LogP contribution is -2.19. The molecule has 0 saturated carbocycles. The van der Waals surface area contributed by atoms with Gasteiger partial charge in [-0.3, -0.25) is 20.0 Å². The second-order valence-electron chi connectivity index (χ2n) is 5.93. The number of carbonyl (C=O) groups is 1. The molecule has 0 aliphatic carbocycles. The van der Waals surface area contributed by atoms with E-state index in [4.69, 9.17) is 5.21 Å². The topological polar surface area (TPSA) is 78.4 Å². The Labute approximate surface area is 150 Å². The molecule has 1 aliphatic heterocycles. The van der Waals surface area contributed by atoms with Crippen LogP contribution in [-0.4, -0.2) is 21.1 Å². The zero-order valence-corrected chi connectivity index (χ0v) is 13.8. The van der Waals surface area contributed by atoms with Crippen molar-refractivity contribution in [2.75, 3.05) is 4.90 Å². The Kier molecular flexibility index (Phi) is 4.17. The van der Waals surface area contributed by atoms with Gasteiger partial charge >= 0.3 is 0 Å². The third-order valence-electron chi connectivity index (χ3n) is 4.34. The van der Waals surface area contributed by atoms with Crippen LogP contribution in [0.15, 0.2) is 61.2 Å². The van der Waals surface area contributed by atoms with E-state index in [0.29, 0.717) is 12.1 Å². The number of carbonyl (C=O) groups excluding carboxylic acids is 1. The number of nitrogens with one attached hydrogen (secondary N) is 1. The molecule has 1 amide bonds. The molecule has 0 radical (unpaired) electrons. The molecule has 0 atom stereocenters. The van der Waals surface area contributed by atoms with E-state index >= 15 is 0 Å². The molecule has 0 unspecified atom stereocenters. The lowest BCUT2D eigenvalue weighted by Gasteiger charge is -2.26. The van der Waals surface area contributed by atoms with Crippen molar-refractivity contribution in [3.63, 3.8) is 0 Å². The van der Waals surface area contributed by atoms with E-state index in [-0.39, 0.29) is 0 Å². The average Bonchev–Trinajstić information content (AvgIpc) is 2.86. The summed E-state index contributed by atoms with van der Waals surface area (Å²) in [6.07, 6.45) is 11.3. The molecule has 2 N–H and O–H groups in total. The van der Waals surface area contributed by atoms with Crippen LogP contribution in [0.2, 0.25) is 0 Å². The molecule has 6 nitrogen and oxygen atoms in total. The van der Waals surface area contributed by atoms with Gasteiger partial charge in [-0.25, -0.2) is 5.48 Å². The van der Waals surface area contributed by atoms with Crippen LogP contribution >= 0.6 is 0 Å². The highest BCUT2D eigenvalue weighted by atomic mass is 16.5. The van der Waals surface area contributed by atoms with E-state index < -0.39 is 5.91 Å². The van der Waals surface area contributed by atoms with Crippen LogP contribution in [0.1, 0.15) is 27.0 Å². The van der Waals surface area contributed by atoms with E-state index in [2.05, 4.69) is 14.9 Å². The molecule has 3 aromatic rings. The van der Waals surface area contributed by atoms with Gasteiger partial charge in [-0.15, -0.1) is 0 Å². The van der Waals surface area contributed by atoms with Crippen molar-refractivity contribution in [2.24, 2.45) is 0 Å². The molecule has 128 valence electrons. The van der Waals surface area contributed by atoms with E-state index in [1.807, 2.05) is 48.8 Å². The maximum Gasteiger partial charge on any atom is 0.274 e. The van der Waals surface area contributed by atoms with Crippen molar-refractivity contribution in [1.82, 2.24) is 15.4 Å². The molecule has 4 rings (SSSR count). The first-order valence-electron chi connectivity index (χ1n) is 8.13. The summed E-state index contributed by atoms with van der Waals surface area (Å²) < 4.78 is 0. The smallest absolute Gasteiger partial charge is 0.274 e. The van der Waals surface area contributed by atoms with Crippen LogP contribution in [-0.2, 0) is 6.54 Å². The summed E-state index contributed by atoms with van der Waals surface area (Å²) in [6, 6.07) is 11.1. The van der Waals surface area contributed by atoms with Gasteiger partial charge in [-0.1, -0.05) is 24.3 Å². The summed E-state index contributed by atoms with van der Waals surface area (Å²) in [5.41, 5.74) is 7.25. The lowest BCUT2D eigenvalue weighted by atomic mass is 10.1. The second-order valence-corrected chi connectivity index (χ2v) is 5.93. The van der Waals surface area contributed by atoms with Crippen molar-refractivity contribution in [1.29, 1.82) is 0 Å². The first kappa shape index (κ1) is 16.0. The number of rotatable bonds is 3. The Balaban J connectivity index is 1.74. The van der Waals surface area contributed by atoms with Gasteiger partial charge in [0.2, 0.25) is 0 Å². The van der Waals surface area contributed by atoms with Gasteiger partial charge in [0.05, 0.1) is 11.4 Å². The molecule has 2 aromatic heterocycles. The number of pyridine rings is 2. The zero-order valence-electron chi connectivity index (χ0n) is 13.8.